The highest BCUT2D eigenvalue weighted by Crippen LogP contribution is 2.29. The number of cyclic esters (lactones) is 6. The summed E-state index contributed by atoms with van der Waals surface area (Å²) in [6.45, 7) is -40.9. The molecule has 0 radical (unpaired) electrons. The Morgan fingerprint density at radius 1 is 0.294 bits per heavy atom. The van der Waals surface area contributed by atoms with Gasteiger partial charge in [-0.15, -0.1) is 0 Å². The number of H-pyrrole nitrogens is 6. The zero-order valence-electron chi connectivity index (χ0n) is 128. The minimum absolute atomic E-state index is 0.00532. The molecule has 6 aliphatic rings. The molecule has 6 aromatic carbocycles. The van der Waals surface area contributed by atoms with Gasteiger partial charge in [0.25, 0.3) is 0 Å². The number of likely N-dealkylation sites (N-methyl/N-ethyl adjacent to an activating group) is 6. The van der Waals surface area contributed by atoms with E-state index >= 15 is 0 Å². The van der Waals surface area contributed by atoms with E-state index < -0.39 is 249 Å². The summed E-state index contributed by atoms with van der Waals surface area (Å²) in [4.78, 5) is 89.3. The van der Waals surface area contributed by atoms with E-state index in [-0.39, 0.29) is 261 Å². The normalized spacial score (nSPS) is 28.9. The maximum absolute atomic E-state index is 11.5. The van der Waals surface area contributed by atoms with Gasteiger partial charge in [0, 0.05) is 183 Å². The van der Waals surface area contributed by atoms with Crippen molar-refractivity contribution in [3.8, 4) is 0 Å². The molecule has 0 saturated carbocycles. The highest BCUT2D eigenvalue weighted by atomic mass is 16.6. The molecule has 6 amide bonds. The van der Waals surface area contributed by atoms with Crippen molar-refractivity contribution in [1.82, 2.24) is 91.2 Å². The van der Waals surface area contributed by atoms with Crippen LogP contribution in [-0.4, -0.2) is 295 Å². The third kappa shape index (κ3) is 26.5. The van der Waals surface area contributed by atoms with Crippen LogP contribution in [0.3, 0.4) is 0 Å². The molecule has 12 heterocycles. The number of nitrogens with zero attached hydrogens (tertiary/aromatic N) is 6. The first-order valence-corrected chi connectivity index (χ1v) is 38.2. The Labute approximate surface area is 820 Å². The van der Waals surface area contributed by atoms with E-state index in [0.29, 0.717) is 15.8 Å². The van der Waals surface area contributed by atoms with Crippen LogP contribution >= 0.6 is 0 Å². The molecular weight excluding hydrogens is 1600 g/mol. The number of nitrogens with one attached hydrogen (secondary N) is 12. The first kappa shape index (κ1) is 42.0. The van der Waals surface area contributed by atoms with Gasteiger partial charge < -0.3 is 120 Å². The van der Waals surface area contributed by atoms with Crippen molar-refractivity contribution in [2.45, 2.75) is 113 Å². The number of fused-ring (bicyclic) bond motifs is 6. The van der Waals surface area contributed by atoms with Gasteiger partial charge in [0.2, 0.25) is 0 Å². The maximum Gasteiger partial charge on any atom is 0.407 e. The molecule has 6 aliphatic heterocycles. The number of rotatable bonds is 30. The third-order valence-corrected chi connectivity index (χ3v) is 18.2. The van der Waals surface area contributed by atoms with E-state index in [0.717, 1.165) is 18.1 Å². The van der Waals surface area contributed by atoms with E-state index in [1.54, 1.807) is 33.1 Å². The molecule has 18 rings (SSSR count). The predicted octanol–water partition coefficient (Wildman–Crippen LogP) is 11.5. The van der Waals surface area contributed by atoms with Gasteiger partial charge >= 0.3 is 36.6 Å². The molecule has 30 heteroatoms. The summed E-state index contributed by atoms with van der Waals surface area (Å²) in [5.41, 5.74) is 0.872. The second-order valence-electron chi connectivity index (χ2n) is 28.6. The molecule has 0 bridgehead atoms. The molecule has 672 valence electrons. The summed E-state index contributed by atoms with van der Waals surface area (Å²) < 4.78 is 505. The minimum atomic E-state index is -3.31. The van der Waals surface area contributed by atoms with Crippen molar-refractivity contribution in [1.29, 1.82) is 0 Å². The number of alkyl carbamates (subject to hydrolysis) is 6. The number of aromatic amines is 6. The number of carbonyl (C=O) groups excluding carboxylic acids is 6. The van der Waals surface area contributed by atoms with Gasteiger partial charge in [0.15, 0.2) is 0 Å². The number of ether oxygens (including phenoxy) is 6. The average molecular weight is 1780 g/mol. The zero-order chi connectivity index (χ0) is 141. The van der Waals surface area contributed by atoms with Crippen LogP contribution in [0.15, 0.2) is 146 Å². The van der Waals surface area contributed by atoms with Crippen molar-refractivity contribution >= 4 is 102 Å². The molecule has 12 aromatic rings. The molecule has 30 nitrogen and oxygen atoms in total. The van der Waals surface area contributed by atoms with Crippen LogP contribution in [0.2, 0.25) is 0 Å². The summed E-state index contributed by atoms with van der Waals surface area (Å²) in [7, 11) is 9.02. The Balaban J connectivity index is 0.000000181. The Morgan fingerprint density at radius 2 is 0.508 bits per heavy atom. The highest BCUT2D eigenvalue weighted by Gasteiger charge is 2.29. The number of carbonyl (C=O) groups is 6. The summed E-state index contributed by atoms with van der Waals surface area (Å²) in [6.07, 6.45) is -7.69. The fourth-order valence-corrected chi connectivity index (χ4v) is 12.4. The lowest BCUT2D eigenvalue weighted by Crippen LogP contribution is -2.28. The van der Waals surface area contributed by atoms with Gasteiger partial charge in [0.05, 0.1) is 77.4 Å². The number of amides is 6. The zero-order valence-corrected chi connectivity index (χ0v) is 68.0. The molecule has 6 atom stereocenters. The number of aryl methyl sites for hydroxylation is 3. The van der Waals surface area contributed by atoms with Crippen LogP contribution in [0.25, 0.3) is 65.4 Å². The summed E-state index contributed by atoms with van der Waals surface area (Å²) >= 11 is 0. The van der Waals surface area contributed by atoms with Crippen molar-refractivity contribution in [3.05, 3.63) is 213 Å². The van der Waals surface area contributed by atoms with Crippen LogP contribution in [0, 0.1) is 0 Å². The van der Waals surface area contributed by atoms with E-state index in [9.17, 15) is 28.8 Å². The standard InChI is InChI=1S/6C16H21N3O2/c6*1-19(2)6-5-12-9-17-15-4-3-11(8-14(12)15)7-13-10-21-16(20)18-13/h6*3-4,8-9,13,17H,5-7,10H2,1-2H3,(H,18,20)/t6*13-/m000000/s1/i1D3,2D3,3D,4D,6D2,8D,10D2;1D3,2D3,3D,4D,5D2,8D,10D2;1D3,3D,4D,6D2,8D,10D2;1D3,3D,4D,5D2,8D,10D2;3D,4D,6D2,8D,10D2;3D,4D,5D2,8D,10D2. The molecule has 12 N–H and O–H groups in total. The predicted molar refractivity (Wildman–Crippen MR) is 495 cm³/mol. The number of benzene rings is 6. The second-order valence-corrected chi connectivity index (χ2v) is 28.6. The largest absolute Gasteiger partial charge is 0.447 e. The summed E-state index contributed by atoms with van der Waals surface area (Å²) in [5, 5.41) is 14.2. The quantitative estimate of drug-likeness (QED) is 0.0186. The van der Waals surface area contributed by atoms with E-state index in [4.69, 9.17) is 82.2 Å². The molecule has 0 unspecified atom stereocenters. The summed E-state index contributed by atoms with van der Waals surface area (Å²) in [6, 6.07) is -12.6. The fourth-order valence-electron chi connectivity index (χ4n) is 12.4. The Hall–Kier alpha value is -12.1. The van der Waals surface area contributed by atoms with Gasteiger partial charge in [0.1, 0.15) is 39.4 Å². The number of hydrogen-bond acceptors (Lipinski definition) is 18. The van der Waals surface area contributed by atoms with E-state index in [2.05, 4.69) is 90.2 Å². The molecule has 0 aliphatic carbocycles. The Bertz CT molecular complexity index is 8710. The smallest absolute Gasteiger partial charge is 0.407 e. The summed E-state index contributed by atoms with van der Waals surface area (Å²) in [5.74, 6) is 0. The molecule has 6 aromatic heterocycles. The molecular formula is C96H126N18O12. The van der Waals surface area contributed by atoms with Gasteiger partial charge in [-0.2, -0.15) is 0 Å². The Morgan fingerprint density at radius 3 is 0.730 bits per heavy atom. The highest BCUT2D eigenvalue weighted by molar-refractivity contribution is 5.88. The van der Waals surface area contributed by atoms with E-state index in [1.807, 2.05) is 0 Å². The van der Waals surface area contributed by atoms with Crippen molar-refractivity contribution in [2.75, 3.05) is 163 Å². The van der Waals surface area contributed by atoms with Crippen LogP contribution in [0.5, 0.6) is 0 Å². The van der Waals surface area contributed by atoms with Crippen LogP contribution in [-0.2, 0) is 105 Å². The maximum atomic E-state index is 11.5. The number of aromatic nitrogens is 6. The second kappa shape index (κ2) is 43.7. The third-order valence-electron chi connectivity index (χ3n) is 18.2. The van der Waals surface area contributed by atoms with Crippen molar-refractivity contribution < 1.29 is 139 Å². The SMILES string of the molecule is [2H]c1c(C[C@@H]2NC(=O)OC2([2H])[2H])c([2H])c2c(C([2H])([2H])CN(C([2H])([2H])[2H])C([2H])([2H])[2H])c[nH]c2c1[2H].[2H]c1c(C[C@@H]2NC(=O)OC2([2H])[2H])c([2H])c2c(C([2H])([2H])CN(C)C([2H])([2H])[2H])c[nH]c2c1[2H].[2H]c1c(C[C@@H]2NC(=O)OC2([2H])[2H])c([2H])c2c(C([2H])([2H])CN(C)C)c[nH]c2c1[2H].[2H]c1c(C[C@@H]2NC(=O)OC2([2H])[2H])c([2H])c2c(CC([2H])([2H])N(C([2H])([2H])[2H])C([2H])([2H])[2H])c[nH]c2c1[2H].[2H]c1c(C[C@@H]2NC(=O)OC2([2H])[2H])c([2H])c2c(CC([2H])([2H])N(C)C([2H])([2H])[2H])c[nH]c2c1[2H].[2H]c1c(C[C@@H]2NC(=O)OC2([2H])[2H])c([2H])c2c(CC([2H])([2H])N(C)C)c[nH]c2c1[2H]. The van der Waals surface area contributed by atoms with E-state index in [1.165, 1.54) is 42.9 Å². The fraction of sp³-hybridized carbons (Fsp3) is 0.438. The first-order chi connectivity index (χ1) is 84.4. The lowest BCUT2D eigenvalue weighted by Gasteiger charge is -2.09. The van der Waals surface area contributed by atoms with Crippen molar-refractivity contribution in [3.63, 3.8) is 0 Å². The monoisotopic (exact) mass is 1780 g/mol. The lowest BCUT2D eigenvalue weighted by atomic mass is 10.0. The van der Waals surface area contributed by atoms with Crippen LogP contribution in [0.4, 0.5) is 28.8 Å². The van der Waals surface area contributed by atoms with Crippen molar-refractivity contribution in [2.24, 2.45) is 0 Å². The van der Waals surface area contributed by atoms with Crippen LogP contribution < -0.4 is 31.9 Å². The van der Waals surface area contributed by atoms with Gasteiger partial charge in [-0.05, 0) is 300 Å². The molecule has 6 fully saturated rings. The molecule has 0 spiro atoms. The first-order valence-electron chi connectivity index (χ1n) is 68.2. The lowest BCUT2D eigenvalue weighted by molar-refractivity contribution is 0.176. The average Bonchev–Trinajstić information content (AvgIpc) is 1.58. The Kier molecular flexibility index (Phi) is 14.6. The minimum Gasteiger partial charge on any atom is -0.447 e. The van der Waals surface area contributed by atoms with Crippen LogP contribution in [0.1, 0.15) is 149 Å². The van der Waals surface area contributed by atoms with Gasteiger partial charge in [-0.1, -0.05) is 36.3 Å². The molecule has 126 heavy (non-hydrogen) atoms. The van der Waals surface area contributed by atoms with Gasteiger partial charge in [-0.25, -0.2) is 28.8 Å². The van der Waals surface area contributed by atoms with Gasteiger partial charge in [-0.3, -0.25) is 0 Å². The number of hydrogen-bond donors (Lipinski definition) is 12. The topological polar surface area (TPSA) is 344 Å². The molecule has 6 saturated heterocycles.